The van der Waals surface area contributed by atoms with Crippen molar-refractivity contribution in [1.29, 1.82) is 0 Å². The molecular formula is C28H24FN3O3S. The van der Waals surface area contributed by atoms with E-state index in [-0.39, 0.29) is 11.5 Å². The molecule has 6 nitrogen and oxygen atoms in total. The Balaban J connectivity index is 1.45. The van der Waals surface area contributed by atoms with E-state index in [9.17, 15) is 14.0 Å². The van der Waals surface area contributed by atoms with E-state index in [0.717, 1.165) is 26.8 Å². The quantitative estimate of drug-likeness (QED) is 0.371. The Hall–Kier alpha value is -4.04. The zero-order valence-corrected chi connectivity index (χ0v) is 20.9. The van der Waals surface area contributed by atoms with E-state index < -0.39 is 11.7 Å². The fourth-order valence-corrected chi connectivity index (χ4v) is 5.37. The predicted octanol–water partition coefficient (Wildman–Crippen LogP) is 6.03. The zero-order valence-electron chi connectivity index (χ0n) is 20.1. The van der Waals surface area contributed by atoms with E-state index in [1.165, 1.54) is 19.2 Å². The lowest BCUT2D eigenvalue weighted by Crippen LogP contribution is -2.32. The molecule has 0 fully saturated rings. The Morgan fingerprint density at radius 1 is 1.06 bits per heavy atom. The van der Waals surface area contributed by atoms with Crippen LogP contribution in [0.4, 0.5) is 15.8 Å². The van der Waals surface area contributed by atoms with Crippen molar-refractivity contribution in [2.45, 2.75) is 20.3 Å². The number of methoxy groups -OCH3 is 1. The number of halogens is 1. The van der Waals surface area contributed by atoms with Gasteiger partial charge in [-0.1, -0.05) is 24.3 Å². The largest absolute Gasteiger partial charge is 0.496 e. The molecule has 3 aromatic carbocycles. The second-order valence-electron chi connectivity index (χ2n) is 8.56. The Kier molecular flexibility index (Phi) is 6.28. The number of aryl methyl sites for hydroxylation is 2. The van der Waals surface area contributed by atoms with Crippen molar-refractivity contribution < 1.29 is 18.7 Å². The number of benzene rings is 3. The van der Waals surface area contributed by atoms with Gasteiger partial charge in [0.1, 0.15) is 11.6 Å². The summed E-state index contributed by atoms with van der Waals surface area (Å²) < 4.78 is 19.2. The minimum absolute atomic E-state index is 0.204. The van der Waals surface area contributed by atoms with Crippen LogP contribution in [0.2, 0.25) is 0 Å². The van der Waals surface area contributed by atoms with E-state index >= 15 is 0 Å². The van der Waals surface area contributed by atoms with Crippen LogP contribution >= 0.6 is 11.3 Å². The number of ether oxygens (including phenoxy) is 1. The molecule has 2 amide bonds. The third-order valence-electron chi connectivity index (χ3n) is 6.20. The van der Waals surface area contributed by atoms with Gasteiger partial charge in [0.15, 0.2) is 0 Å². The van der Waals surface area contributed by atoms with Gasteiger partial charge in [-0.15, -0.1) is 11.3 Å². The zero-order chi connectivity index (χ0) is 25.4. The van der Waals surface area contributed by atoms with Crippen LogP contribution in [-0.2, 0) is 6.42 Å². The molecule has 4 aromatic rings. The van der Waals surface area contributed by atoms with E-state index in [0.29, 0.717) is 35.5 Å². The van der Waals surface area contributed by atoms with Gasteiger partial charge in [-0.25, -0.2) is 9.37 Å². The number of rotatable bonds is 4. The molecule has 1 aliphatic rings. The number of carbonyl (C=O) groups excluding carboxylic acids is 2. The van der Waals surface area contributed by atoms with Crippen LogP contribution in [0.15, 0.2) is 60.7 Å². The van der Waals surface area contributed by atoms with Crippen molar-refractivity contribution in [3.8, 4) is 17.0 Å². The van der Waals surface area contributed by atoms with Crippen molar-refractivity contribution >= 4 is 34.5 Å². The highest BCUT2D eigenvalue weighted by Crippen LogP contribution is 2.39. The third-order valence-corrected chi connectivity index (χ3v) is 7.23. The van der Waals surface area contributed by atoms with Crippen molar-refractivity contribution in [2.75, 3.05) is 23.9 Å². The summed E-state index contributed by atoms with van der Waals surface area (Å²) in [5, 5.41) is 3.77. The van der Waals surface area contributed by atoms with E-state index in [1.807, 2.05) is 31.2 Å². The number of amides is 2. The molecule has 36 heavy (non-hydrogen) atoms. The summed E-state index contributed by atoms with van der Waals surface area (Å²) in [4.78, 5) is 34.1. The second-order valence-corrected chi connectivity index (χ2v) is 9.84. The first-order valence-corrected chi connectivity index (χ1v) is 12.3. The molecule has 182 valence electrons. The van der Waals surface area contributed by atoms with E-state index in [1.54, 1.807) is 47.4 Å². The van der Waals surface area contributed by atoms with E-state index in [4.69, 9.17) is 9.72 Å². The summed E-state index contributed by atoms with van der Waals surface area (Å²) >= 11 is 1.65. The molecule has 0 bridgehead atoms. The lowest BCUT2D eigenvalue weighted by atomic mass is 10.1. The standard InChI is InChI=1S/C28H24FN3O3S/c1-16-8-9-18(29)14-22(16)27(33)31-19-10-11-21(24(15-19)35-3)28(34)32-13-12-25-26(30-17(2)36-25)20-6-4-5-7-23(20)32/h4-11,14-15H,12-13H2,1-3H3,(H,31,33). The Morgan fingerprint density at radius 2 is 1.86 bits per heavy atom. The van der Waals surface area contributed by atoms with Crippen LogP contribution in [0.1, 0.15) is 36.2 Å². The number of nitrogens with zero attached hydrogens (tertiary/aromatic N) is 2. The van der Waals surface area contributed by atoms with Gasteiger partial charge >= 0.3 is 0 Å². The summed E-state index contributed by atoms with van der Waals surface area (Å²) in [6.07, 6.45) is 0.699. The number of para-hydroxylation sites is 1. The fourth-order valence-electron chi connectivity index (χ4n) is 4.43. The molecule has 5 rings (SSSR count). The van der Waals surface area contributed by atoms with Gasteiger partial charge in [0.2, 0.25) is 0 Å². The number of thiazole rings is 1. The van der Waals surface area contributed by atoms with Crippen LogP contribution in [0.25, 0.3) is 11.3 Å². The molecule has 0 saturated carbocycles. The molecule has 1 aromatic heterocycles. The maximum absolute atomic E-state index is 13.8. The topological polar surface area (TPSA) is 71.5 Å². The first-order chi connectivity index (χ1) is 17.4. The molecule has 1 N–H and O–H groups in total. The van der Waals surface area contributed by atoms with Gasteiger partial charge in [-0.2, -0.15) is 0 Å². The summed E-state index contributed by atoms with van der Waals surface area (Å²) in [6, 6.07) is 16.7. The lowest BCUT2D eigenvalue weighted by molar-refractivity contribution is 0.0983. The maximum Gasteiger partial charge on any atom is 0.262 e. The summed E-state index contributed by atoms with van der Waals surface area (Å²) in [5.74, 6) is -0.797. The van der Waals surface area contributed by atoms with Gasteiger partial charge in [0, 0.05) is 40.7 Å². The summed E-state index contributed by atoms with van der Waals surface area (Å²) in [6.45, 7) is 4.24. The predicted molar refractivity (Wildman–Crippen MR) is 140 cm³/mol. The molecular weight excluding hydrogens is 477 g/mol. The number of hydrogen-bond donors (Lipinski definition) is 1. The lowest BCUT2D eigenvalue weighted by Gasteiger charge is -2.24. The van der Waals surface area contributed by atoms with Crippen molar-refractivity contribution in [3.63, 3.8) is 0 Å². The van der Waals surface area contributed by atoms with Gasteiger partial charge in [0.05, 0.1) is 29.1 Å². The number of carbonyl (C=O) groups is 2. The Labute approximate surface area is 212 Å². The number of nitrogens with one attached hydrogen (secondary N) is 1. The van der Waals surface area contributed by atoms with Crippen molar-refractivity contribution in [3.05, 3.63) is 93.1 Å². The second kappa shape index (κ2) is 9.54. The third kappa shape index (κ3) is 4.35. The van der Waals surface area contributed by atoms with Gasteiger partial charge < -0.3 is 15.0 Å². The monoisotopic (exact) mass is 501 g/mol. The number of anilines is 2. The molecule has 0 unspecified atom stereocenters. The first-order valence-electron chi connectivity index (χ1n) is 11.5. The highest BCUT2D eigenvalue weighted by molar-refractivity contribution is 7.12. The van der Waals surface area contributed by atoms with Crippen LogP contribution < -0.4 is 15.0 Å². The average molecular weight is 502 g/mol. The van der Waals surface area contributed by atoms with Crippen molar-refractivity contribution in [1.82, 2.24) is 4.98 Å². The number of fused-ring (bicyclic) bond motifs is 3. The first kappa shape index (κ1) is 23.7. The molecule has 2 heterocycles. The van der Waals surface area contributed by atoms with Gasteiger partial charge in [-0.05, 0) is 49.7 Å². The molecule has 0 saturated heterocycles. The van der Waals surface area contributed by atoms with Gasteiger partial charge in [0.25, 0.3) is 11.8 Å². The van der Waals surface area contributed by atoms with Crippen LogP contribution in [0.5, 0.6) is 5.75 Å². The highest BCUT2D eigenvalue weighted by atomic mass is 32.1. The maximum atomic E-state index is 13.8. The minimum Gasteiger partial charge on any atom is -0.496 e. The van der Waals surface area contributed by atoms with Crippen LogP contribution in [0.3, 0.4) is 0 Å². The smallest absolute Gasteiger partial charge is 0.262 e. The Bertz CT molecular complexity index is 1500. The molecule has 0 radical (unpaired) electrons. The number of aromatic nitrogens is 1. The Morgan fingerprint density at radius 3 is 2.67 bits per heavy atom. The molecule has 8 heteroatoms. The fraction of sp³-hybridized carbons (Fsp3) is 0.179. The average Bonchev–Trinajstić information content (AvgIpc) is 3.18. The SMILES string of the molecule is COc1cc(NC(=O)c2cc(F)ccc2C)ccc1C(=O)N1CCc2sc(C)nc2-c2ccccc21. The highest BCUT2D eigenvalue weighted by Gasteiger charge is 2.28. The van der Waals surface area contributed by atoms with Crippen molar-refractivity contribution in [2.24, 2.45) is 0 Å². The van der Waals surface area contributed by atoms with Crippen LogP contribution in [0, 0.1) is 19.7 Å². The molecule has 0 atom stereocenters. The number of hydrogen-bond acceptors (Lipinski definition) is 5. The van der Waals surface area contributed by atoms with E-state index in [2.05, 4.69) is 5.32 Å². The molecule has 0 spiro atoms. The minimum atomic E-state index is -0.485. The molecule has 0 aliphatic carbocycles. The summed E-state index contributed by atoms with van der Waals surface area (Å²) in [5.41, 5.74) is 4.37. The van der Waals surface area contributed by atoms with Crippen LogP contribution in [-0.4, -0.2) is 30.5 Å². The molecule has 1 aliphatic heterocycles. The van der Waals surface area contributed by atoms with Gasteiger partial charge in [-0.3, -0.25) is 9.59 Å². The summed E-state index contributed by atoms with van der Waals surface area (Å²) in [7, 11) is 1.48. The normalized spacial score (nSPS) is 12.4.